The summed E-state index contributed by atoms with van der Waals surface area (Å²) in [6, 6.07) is 1.43. The van der Waals surface area contributed by atoms with E-state index in [-0.39, 0.29) is 23.0 Å². The molecule has 0 spiro atoms. The van der Waals surface area contributed by atoms with Gasteiger partial charge in [0.2, 0.25) is 11.5 Å². The van der Waals surface area contributed by atoms with Crippen molar-refractivity contribution in [3.05, 3.63) is 46.2 Å². The molecule has 4 nitrogen and oxygen atoms in total. The largest absolute Gasteiger partial charge is 0.504 e. The second kappa shape index (κ2) is 11.2. The van der Waals surface area contributed by atoms with Crippen molar-refractivity contribution in [1.82, 2.24) is 0 Å². The molecule has 0 fully saturated rings. The van der Waals surface area contributed by atoms with Crippen molar-refractivity contribution in [2.45, 2.75) is 53.4 Å². The van der Waals surface area contributed by atoms with Crippen LogP contribution in [-0.4, -0.2) is 24.4 Å². The maximum atomic E-state index is 10.3. The van der Waals surface area contributed by atoms with E-state index in [1.165, 1.54) is 31.4 Å². The lowest BCUT2D eigenvalue weighted by Gasteiger charge is -2.12. The van der Waals surface area contributed by atoms with Gasteiger partial charge in [-0.2, -0.15) is 0 Å². The van der Waals surface area contributed by atoms with Crippen molar-refractivity contribution >= 4 is 6.08 Å². The molecule has 1 aromatic carbocycles. The van der Waals surface area contributed by atoms with Crippen molar-refractivity contribution in [3.63, 3.8) is 0 Å². The summed E-state index contributed by atoms with van der Waals surface area (Å²) in [5, 5.41) is 20.3. The van der Waals surface area contributed by atoms with E-state index in [0.717, 1.165) is 31.3 Å². The first-order valence-corrected chi connectivity index (χ1v) is 9.18. The van der Waals surface area contributed by atoms with E-state index in [9.17, 15) is 10.2 Å². The maximum absolute atomic E-state index is 10.3. The third-order valence-corrected chi connectivity index (χ3v) is 4.21. The van der Waals surface area contributed by atoms with Crippen molar-refractivity contribution in [2.75, 3.05) is 14.2 Å². The van der Waals surface area contributed by atoms with E-state index in [4.69, 9.17) is 9.47 Å². The molecule has 1 rings (SSSR count). The normalized spacial score (nSPS) is 10.8. The molecule has 0 saturated heterocycles. The summed E-state index contributed by atoms with van der Waals surface area (Å²) in [6.07, 6.45) is 10.2. The molecular weight excluding hydrogens is 340 g/mol. The van der Waals surface area contributed by atoms with Gasteiger partial charge < -0.3 is 19.7 Å². The number of aromatic hydroxyl groups is 2. The van der Waals surface area contributed by atoms with E-state index in [0.29, 0.717) is 5.56 Å². The van der Waals surface area contributed by atoms with Crippen LogP contribution in [0.5, 0.6) is 23.0 Å². The van der Waals surface area contributed by atoms with Crippen LogP contribution < -0.4 is 9.47 Å². The van der Waals surface area contributed by atoms with Gasteiger partial charge in [-0.15, -0.1) is 5.73 Å². The number of methoxy groups -OCH3 is 2. The van der Waals surface area contributed by atoms with Crippen LogP contribution in [0, 0.1) is 0 Å². The second-order valence-corrected chi connectivity index (χ2v) is 6.88. The number of phenolic OH excluding ortho intramolecular Hbond substituents is 2. The molecule has 0 heterocycles. The Morgan fingerprint density at radius 1 is 0.963 bits per heavy atom. The Morgan fingerprint density at radius 3 is 2.19 bits per heavy atom. The zero-order valence-corrected chi connectivity index (χ0v) is 17.3. The van der Waals surface area contributed by atoms with Gasteiger partial charge in [0.15, 0.2) is 11.5 Å². The Morgan fingerprint density at radius 2 is 1.59 bits per heavy atom. The summed E-state index contributed by atoms with van der Waals surface area (Å²) in [6.45, 7) is 8.41. The second-order valence-electron chi connectivity index (χ2n) is 6.88. The van der Waals surface area contributed by atoms with Crippen LogP contribution in [0.3, 0.4) is 0 Å². The van der Waals surface area contributed by atoms with Crippen molar-refractivity contribution in [1.29, 1.82) is 0 Å². The fourth-order valence-electron chi connectivity index (χ4n) is 2.63. The van der Waals surface area contributed by atoms with Crippen molar-refractivity contribution < 1.29 is 19.7 Å². The fraction of sp³-hybridized carbons (Fsp3) is 0.435. The van der Waals surface area contributed by atoms with Crippen LogP contribution >= 0.6 is 0 Å². The van der Waals surface area contributed by atoms with Gasteiger partial charge in [-0.1, -0.05) is 23.3 Å². The average Bonchev–Trinajstić information content (AvgIpc) is 2.61. The molecule has 148 valence electrons. The number of hydrogen-bond donors (Lipinski definition) is 2. The van der Waals surface area contributed by atoms with E-state index in [2.05, 4.69) is 38.7 Å². The van der Waals surface area contributed by atoms with Gasteiger partial charge in [-0.05, 0) is 71.1 Å². The molecule has 0 aliphatic carbocycles. The number of ether oxygens (including phenoxy) is 2. The highest BCUT2D eigenvalue weighted by atomic mass is 16.5. The Balaban J connectivity index is 2.81. The molecule has 4 heteroatoms. The highest BCUT2D eigenvalue weighted by Gasteiger charge is 2.17. The predicted molar refractivity (Wildman–Crippen MR) is 112 cm³/mol. The van der Waals surface area contributed by atoms with Gasteiger partial charge in [0.25, 0.3) is 0 Å². The van der Waals surface area contributed by atoms with E-state index >= 15 is 0 Å². The number of benzene rings is 1. The van der Waals surface area contributed by atoms with Crippen LogP contribution in [-0.2, 0) is 0 Å². The Kier molecular flexibility index (Phi) is 9.32. The summed E-state index contributed by atoms with van der Waals surface area (Å²) in [7, 11) is 2.82. The van der Waals surface area contributed by atoms with Crippen LogP contribution in [0.15, 0.2) is 40.7 Å². The molecule has 0 bridgehead atoms. The zero-order valence-electron chi connectivity index (χ0n) is 17.3. The predicted octanol–water partition coefficient (Wildman–Crippen LogP) is 6.15. The van der Waals surface area contributed by atoms with Crippen molar-refractivity contribution in [3.8, 4) is 23.0 Å². The molecule has 27 heavy (non-hydrogen) atoms. The summed E-state index contributed by atoms with van der Waals surface area (Å²) in [5.41, 5.74) is 7.42. The molecule has 0 amide bonds. The Labute approximate surface area is 163 Å². The highest BCUT2D eigenvalue weighted by Crippen LogP contribution is 2.45. The lowest BCUT2D eigenvalue weighted by atomic mass is 10.1. The number of phenols is 2. The van der Waals surface area contributed by atoms with Gasteiger partial charge in [-0.3, -0.25) is 0 Å². The first-order chi connectivity index (χ1) is 12.8. The van der Waals surface area contributed by atoms with Crippen molar-refractivity contribution in [2.24, 2.45) is 0 Å². The zero-order chi connectivity index (χ0) is 20.4. The maximum Gasteiger partial charge on any atom is 0.207 e. The molecule has 1 aromatic rings. The molecule has 0 aliphatic rings. The third kappa shape index (κ3) is 7.28. The number of rotatable bonds is 9. The van der Waals surface area contributed by atoms with E-state index in [1.54, 1.807) is 6.08 Å². The molecular formula is C23H32O4. The van der Waals surface area contributed by atoms with Gasteiger partial charge >= 0.3 is 0 Å². The van der Waals surface area contributed by atoms with Gasteiger partial charge in [0.05, 0.1) is 14.2 Å². The average molecular weight is 373 g/mol. The van der Waals surface area contributed by atoms with Gasteiger partial charge in [0.1, 0.15) is 0 Å². The van der Waals surface area contributed by atoms with Gasteiger partial charge in [-0.25, -0.2) is 0 Å². The smallest absolute Gasteiger partial charge is 0.207 e. The highest BCUT2D eigenvalue weighted by molar-refractivity contribution is 5.70. The lowest BCUT2D eigenvalue weighted by molar-refractivity contribution is 0.316. The monoisotopic (exact) mass is 372 g/mol. The summed E-state index contributed by atoms with van der Waals surface area (Å²) < 4.78 is 10.2. The van der Waals surface area contributed by atoms with E-state index in [1.807, 2.05) is 6.92 Å². The van der Waals surface area contributed by atoms with Crippen LogP contribution in [0.4, 0.5) is 0 Å². The fourth-order valence-corrected chi connectivity index (χ4v) is 2.63. The van der Waals surface area contributed by atoms with Crippen LogP contribution in [0.25, 0.3) is 6.08 Å². The summed E-state index contributed by atoms with van der Waals surface area (Å²) in [5.74, 6) is 0.0509. The third-order valence-electron chi connectivity index (χ3n) is 4.21. The molecule has 2 N–H and O–H groups in total. The SMILES string of the molecule is COc1c(O)cc(C=C=C(C)CCC=C(C)CCC=C(C)C)c(O)c1OC. The minimum Gasteiger partial charge on any atom is -0.504 e. The molecule has 0 unspecified atom stereocenters. The topological polar surface area (TPSA) is 58.9 Å². The Hall–Kier alpha value is -2.58. The van der Waals surface area contributed by atoms with E-state index < -0.39 is 0 Å². The van der Waals surface area contributed by atoms with Crippen LogP contribution in [0.1, 0.15) is 58.9 Å². The Bertz CT molecular complexity index is 759. The summed E-state index contributed by atoms with van der Waals surface area (Å²) >= 11 is 0. The first-order valence-electron chi connectivity index (χ1n) is 9.18. The molecule has 0 aliphatic heterocycles. The molecule has 0 radical (unpaired) electrons. The summed E-state index contributed by atoms with van der Waals surface area (Å²) in [4.78, 5) is 0. The standard InChI is InChI=1S/C23H32O4/c1-16(2)9-7-10-17(3)11-8-12-18(4)13-14-19-15-20(24)22(26-5)23(27-6)21(19)25/h9,11,14-15,24-25H,7-8,10,12H2,1-6H3. The number of hydrogen-bond acceptors (Lipinski definition) is 4. The number of allylic oxidation sites excluding steroid dienone is 5. The molecule has 0 atom stereocenters. The van der Waals surface area contributed by atoms with Crippen LogP contribution in [0.2, 0.25) is 0 Å². The first kappa shape index (κ1) is 22.5. The lowest BCUT2D eigenvalue weighted by Crippen LogP contribution is -1.93. The van der Waals surface area contributed by atoms with Gasteiger partial charge in [0, 0.05) is 5.56 Å². The minimum atomic E-state index is -0.0900. The quantitative estimate of drug-likeness (QED) is 0.310. The molecule has 0 saturated carbocycles. The minimum absolute atomic E-state index is 0.0811. The molecule has 0 aromatic heterocycles.